The van der Waals surface area contributed by atoms with Crippen LogP contribution in [0.4, 0.5) is 0 Å². The van der Waals surface area contributed by atoms with Crippen LogP contribution < -0.4 is 0 Å². The molecular weight excluding hydrogens is 338 g/mol. The summed E-state index contributed by atoms with van der Waals surface area (Å²) in [4.78, 5) is 28.8. The molecule has 1 aromatic rings. The van der Waals surface area contributed by atoms with Gasteiger partial charge < -0.3 is 14.6 Å². The summed E-state index contributed by atoms with van der Waals surface area (Å²) in [7, 11) is 1.44. The molecule has 1 aliphatic rings. The highest BCUT2D eigenvalue weighted by atomic mass is 32.2. The van der Waals surface area contributed by atoms with Crippen molar-refractivity contribution in [1.29, 1.82) is 0 Å². The number of thiophene rings is 1. The maximum Gasteiger partial charge on any atom is 0.348 e. The molecule has 2 unspecified atom stereocenters. The first-order valence-corrected chi connectivity index (χ1v) is 9.03. The van der Waals surface area contributed by atoms with Crippen molar-refractivity contribution in [2.75, 3.05) is 20.3 Å². The highest BCUT2D eigenvalue weighted by molar-refractivity contribution is 8.02. The van der Waals surface area contributed by atoms with Gasteiger partial charge in [0.05, 0.1) is 20.3 Å². The number of carboxylic acids is 1. The number of aryl methyl sites for hydroxylation is 1. The Balaban J connectivity index is 1.90. The molecule has 0 aromatic carbocycles. The summed E-state index contributed by atoms with van der Waals surface area (Å²) >= 11 is 2.79. The molecule has 0 spiro atoms. The number of ether oxygens (including phenoxy) is 2. The molecule has 8 heteroatoms. The Labute approximate surface area is 142 Å². The Kier molecular flexibility index (Phi) is 6.47. The minimum Gasteiger partial charge on any atom is -0.483 e. The van der Waals surface area contributed by atoms with E-state index in [9.17, 15) is 14.7 Å². The van der Waals surface area contributed by atoms with E-state index >= 15 is 0 Å². The average molecular weight is 357 g/mol. The van der Waals surface area contributed by atoms with Gasteiger partial charge in [0.15, 0.2) is 5.25 Å². The Morgan fingerprint density at radius 3 is 2.87 bits per heavy atom. The topological polar surface area (TPSA) is 85.2 Å². The molecule has 0 saturated heterocycles. The van der Waals surface area contributed by atoms with Gasteiger partial charge in [0.25, 0.3) is 0 Å². The largest absolute Gasteiger partial charge is 0.483 e. The fraction of sp³-hybridized carbons (Fsp3) is 0.533. The molecular formula is C15H19NO5S2. The van der Waals surface area contributed by atoms with Gasteiger partial charge in [-0.2, -0.15) is 0 Å². The number of hydrogen-bond acceptors (Lipinski definition) is 7. The van der Waals surface area contributed by atoms with Crippen LogP contribution in [0.15, 0.2) is 17.1 Å². The number of hydrogen-bond donors (Lipinski definition) is 1. The fourth-order valence-electron chi connectivity index (χ4n) is 2.19. The number of carboxylic acid groups (broad SMARTS) is 1. The van der Waals surface area contributed by atoms with Gasteiger partial charge in [0.1, 0.15) is 4.88 Å². The van der Waals surface area contributed by atoms with E-state index < -0.39 is 11.2 Å². The SMILES string of the molecule is CCOC(=O)c1ccc(CCC2CN=C(OC)C(C(=O)O)S2)s1. The van der Waals surface area contributed by atoms with Gasteiger partial charge in [-0.15, -0.1) is 23.1 Å². The number of methoxy groups -OCH3 is 1. The minimum atomic E-state index is -0.930. The van der Waals surface area contributed by atoms with E-state index in [0.717, 1.165) is 17.7 Å². The standard InChI is InChI=1S/C15H19NO5S2/c1-3-21-15(19)11-7-6-9(22-11)4-5-10-8-16-13(20-2)12(23-10)14(17)18/h6-7,10,12H,3-5,8H2,1-2H3,(H,17,18). The summed E-state index contributed by atoms with van der Waals surface area (Å²) in [5, 5.41) is 8.62. The van der Waals surface area contributed by atoms with Crippen LogP contribution in [0.2, 0.25) is 0 Å². The zero-order valence-electron chi connectivity index (χ0n) is 13.0. The quantitative estimate of drug-likeness (QED) is 0.787. The lowest BCUT2D eigenvalue weighted by Crippen LogP contribution is -2.35. The second-order valence-electron chi connectivity index (χ2n) is 4.88. The Morgan fingerprint density at radius 2 is 2.22 bits per heavy atom. The second-order valence-corrected chi connectivity index (χ2v) is 7.46. The van der Waals surface area contributed by atoms with Crippen LogP contribution in [0.25, 0.3) is 0 Å². The van der Waals surface area contributed by atoms with Crippen molar-refractivity contribution in [3.63, 3.8) is 0 Å². The minimum absolute atomic E-state index is 0.128. The molecule has 1 N–H and O–H groups in total. The van der Waals surface area contributed by atoms with Crippen molar-refractivity contribution >= 4 is 40.9 Å². The highest BCUT2D eigenvalue weighted by Gasteiger charge is 2.32. The Hall–Kier alpha value is -1.54. The predicted molar refractivity (Wildman–Crippen MR) is 90.7 cm³/mol. The maximum atomic E-state index is 11.6. The molecule has 2 rings (SSSR count). The molecule has 0 amide bonds. The second kappa shape index (κ2) is 8.35. The maximum absolute atomic E-state index is 11.6. The number of carbonyl (C=O) groups is 2. The van der Waals surface area contributed by atoms with E-state index in [2.05, 4.69) is 4.99 Å². The zero-order chi connectivity index (χ0) is 16.8. The highest BCUT2D eigenvalue weighted by Crippen LogP contribution is 2.29. The van der Waals surface area contributed by atoms with E-state index in [1.807, 2.05) is 6.07 Å². The molecule has 0 radical (unpaired) electrons. The number of esters is 1. The summed E-state index contributed by atoms with van der Waals surface area (Å²) in [5.41, 5.74) is 0. The van der Waals surface area contributed by atoms with Crippen molar-refractivity contribution in [3.05, 3.63) is 21.9 Å². The first kappa shape index (κ1) is 17.8. The lowest BCUT2D eigenvalue weighted by atomic mass is 10.2. The molecule has 1 aliphatic heterocycles. The molecule has 0 bridgehead atoms. The van der Waals surface area contributed by atoms with Crippen LogP contribution in [0, 0.1) is 0 Å². The normalized spacial score (nSPS) is 20.7. The predicted octanol–water partition coefficient (Wildman–Crippen LogP) is 2.47. The molecule has 0 fully saturated rings. The van der Waals surface area contributed by atoms with Crippen LogP contribution in [0.1, 0.15) is 27.9 Å². The monoisotopic (exact) mass is 357 g/mol. The lowest BCUT2D eigenvalue weighted by molar-refractivity contribution is -0.135. The number of carbonyl (C=O) groups excluding carboxylic acids is 1. The van der Waals surface area contributed by atoms with E-state index in [1.165, 1.54) is 30.2 Å². The summed E-state index contributed by atoms with van der Waals surface area (Å²) < 4.78 is 10.00. The van der Waals surface area contributed by atoms with Crippen LogP contribution in [-0.4, -0.2) is 53.7 Å². The van der Waals surface area contributed by atoms with Crippen LogP contribution in [0.3, 0.4) is 0 Å². The van der Waals surface area contributed by atoms with E-state index in [-0.39, 0.29) is 17.1 Å². The van der Waals surface area contributed by atoms with Gasteiger partial charge >= 0.3 is 11.9 Å². The molecule has 6 nitrogen and oxygen atoms in total. The Morgan fingerprint density at radius 1 is 1.43 bits per heavy atom. The smallest absolute Gasteiger partial charge is 0.348 e. The number of thioether (sulfide) groups is 1. The van der Waals surface area contributed by atoms with Crippen LogP contribution >= 0.6 is 23.1 Å². The first-order chi connectivity index (χ1) is 11.0. The van der Waals surface area contributed by atoms with Gasteiger partial charge in [-0.05, 0) is 31.9 Å². The molecule has 0 saturated carbocycles. The van der Waals surface area contributed by atoms with Gasteiger partial charge in [-0.1, -0.05) is 0 Å². The zero-order valence-corrected chi connectivity index (χ0v) is 14.6. The van der Waals surface area contributed by atoms with E-state index in [0.29, 0.717) is 18.0 Å². The van der Waals surface area contributed by atoms with Crippen molar-refractivity contribution in [2.24, 2.45) is 4.99 Å². The fourth-order valence-corrected chi connectivity index (χ4v) is 4.31. The Bertz CT molecular complexity index is 598. The van der Waals surface area contributed by atoms with E-state index in [1.54, 1.807) is 13.0 Å². The molecule has 2 atom stereocenters. The van der Waals surface area contributed by atoms with Crippen molar-refractivity contribution in [1.82, 2.24) is 0 Å². The lowest BCUT2D eigenvalue weighted by Gasteiger charge is -2.24. The van der Waals surface area contributed by atoms with Crippen LogP contribution in [0.5, 0.6) is 0 Å². The number of rotatable bonds is 6. The molecule has 126 valence electrons. The average Bonchev–Trinajstić information content (AvgIpc) is 3.02. The van der Waals surface area contributed by atoms with Gasteiger partial charge in [-0.3, -0.25) is 9.79 Å². The third-order valence-electron chi connectivity index (χ3n) is 3.29. The van der Waals surface area contributed by atoms with Crippen LogP contribution in [-0.2, 0) is 20.7 Å². The first-order valence-electron chi connectivity index (χ1n) is 7.27. The number of aliphatic carboxylic acids is 1. The molecule has 1 aromatic heterocycles. The molecule has 2 heterocycles. The van der Waals surface area contributed by atoms with Crippen molar-refractivity contribution in [3.8, 4) is 0 Å². The number of aliphatic imine (C=N–C) groups is 1. The molecule has 0 aliphatic carbocycles. The molecule has 23 heavy (non-hydrogen) atoms. The van der Waals surface area contributed by atoms with E-state index in [4.69, 9.17) is 9.47 Å². The summed E-state index contributed by atoms with van der Waals surface area (Å²) in [6, 6.07) is 3.69. The van der Waals surface area contributed by atoms with Gasteiger partial charge in [0.2, 0.25) is 5.90 Å². The van der Waals surface area contributed by atoms with Crippen molar-refractivity contribution < 1.29 is 24.2 Å². The third-order valence-corrected chi connectivity index (χ3v) is 5.86. The summed E-state index contributed by atoms with van der Waals surface area (Å²) in [5.74, 6) is -0.948. The summed E-state index contributed by atoms with van der Waals surface area (Å²) in [6.45, 7) is 2.69. The number of nitrogens with zero attached hydrogens (tertiary/aromatic N) is 1. The van der Waals surface area contributed by atoms with Crippen molar-refractivity contribution in [2.45, 2.75) is 30.3 Å². The summed E-state index contributed by atoms with van der Waals surface area (Å²) in [6.07, 6.45) is 1.59. The third kappa shape index (κ3) is 4.71. The van der Waals surface area contributed by atoms with Gasteiger partial charge in [-0.25, -0.2) is 4.79 Å². The van der Waals surface area contributed by atoms with Gasteiger partial charge in [0, 0.05) is 10.1 Å².